The Kier molecular flexibility index (Phi) is 7.33. The van der Waals surface area contributed by atoms with Gasteiger partial charge in [0.25, 0.3) is 5.91 Å². The average molecular weight is 275 g/mol. The molecule has 0 spiro atoms. The summed E-state index contributed by atoms with van der Waals surface area (Å²) in [6.07, 6.45) is 4.43. The van der Waals surface area contributed by atoms with Gasteiger partial charge < -0.3 is 15.3 Å². The van der Waals surface area contributed by atoms with Crippen molar-refractivity contribution in [2.45, 2.75) is 12.8 Å². The molecule has 0 fully saturated rings. The molecule has 0 radical (unpaired) electrons. The summed E-state index contributed by atoms with van der Waals surface area (Å²) in [7, 11) is 4.00. The molecule has 0 bridgehead atoms. The smallest absolute Gasteiger partial charge is 0.252 e. The number of rotatable bonds is 6. The van der Waals surface area contributed by atoms with E-state index in [0.717, 1.165) is 13.0 Å². The van der Waals surface area contributed by atoms with E-state index in [1.54, 1.807) is 18.5 Å². The lowest BCUT2D eigenvalue weighted by atomic mass is 10.1. The van der Waals surface area contributed by atoms with Gasteiger partial charge in [-0.1, -0.05) is 11.8 Å². The molecule has 0 atom stereocenters. The highest BCUT2D eigenvalue weighted by Gasteiger charge is 2.09. The summed E-state index contributed by atoms with van der Waals surface area (Å²) in [5.41, 5.74) is 1.11. The molecule has 1 rings (SSSR count). The van der Waals surface area contributed by atoms with Crippen molar-refractivity contribution in [2.24, 2.45) is 0 Å². The van der Waals surface area contributed by atoms with Crippen LogP contribution in [0.4, 0.5) is 0 Å². The fourth-order valence-electron chi connectivity index (χ4n) is 1.60. The molecule has 0 aliphatic rings. The van der Waals surface area contributed by atoms with E-state index in [1.165, 1.54) is 0 Å². The Labute approximate surface area is 120 Å². The van der Waals surface area contributed by atoms with Crippen molar-refractivity contribution in [3.63, 3.8) is 0 Å². The molecule has 0 aliphatic heterocycles. The Balaban J connectivity index is 2.61. The van der Waals surface area contributed by atoms with Gasteiger partial charge in [-0.2, -0.15) is 0 Å². The summed E-state index contributed by atoms with van der Waals surface area (Å²) in [5.74, 6) is 5.52. The van der Waals surface area contributed by atoms with Gasteiger partial charge in [-0.15, -0.1) is 0 Å². The Morgan fingerprint density at radius 3 is 3.00 bits per heavy atom. The van der Waals surface area contributed by atoms with E-state index >= 15 is 0 Å². The van der Waals surface area contributed by atoms with Crippen molar-refractivity contribution in [3.8, 4) is 11.8 Å². The summed E-state index contributed by atoms with van der Waals surface area (Å²) in [6, 6.07) is 1.66. The van der Waals surface area contributed by atoms with Gasteiger partial charge >= 0.3 is 0 Å². The molecule has 5 nitrogen and oxygen atoms in total. The van der Waals surface area contributed by atoms with Gasteiger partial charge in [0.2, 0.25) is 0 Å². The van der Waals surface area contributed by atoms with Crippen molar-refractivity contribution in [1.29, 1.82) is 0 Å². The molecular weight excluding hydrogens is 254 g/mol. The molecule has 0 aromatic carbocycles. The minimum absolute atomic E-state index is 0.0132. The standard InChI is InChI=1S/C15H21N3O2/c1-18(2)10-5-8-17-15(20)14-7-9-16-12-13(14)6-3-4-11-19/h7,9,12,19H,4-5,8,10-11H2,1-2H3,(H,17,20). The third-order valence-corrected chi connectivity index (χ3v) is 2.59. The average Bonchev–Trinajstić information content (AvgIpc) is 2.44. The molecule has 1 aromatic rings. The van der Waals surface area contributed by atoms with Crippen LogP contribution in [0.3, 0.4) is 0 Å². The van der Waals surface area contributed by atoms with Crippen molar-refractivity contribution >= 4 is 5.91 Å². The molecule has 1 aromatic heterocycles. The monoisotopic (exact) mass is 275 g/mol. The van der Waals surface area contributed by atoms with Crippen LogP contribution in [0.25, 0.3) is 0 Å². The maximum atomic E-state index is 12.1. The summed E-state index contributed by atoms with van der Waals surface area (Å²) < 4.78 is 0. The zero-order chi connectivity index (χ0) is 14.8. The summed E-state index contributed by atoms with van der Waals surface area (Å²) in [4.78, 5) is 18.1. The topological polar surface area (TPSA) is 65.5 Å². The fraction of sp³-hybridized carbons (Fsp3) is 0.467. The quantitative estimate of drug-likeness (QED) is 0.586. The molecular formula is C15H21N3O2. The fourth-order valence-corrected chi connectivity index (χ4v) is 1.60. The van der Waals surface area contributed by atoms with Crippen LogP contribution < -0.4 is 5.32 Å². The van der Waals surface area contributed by atoms with Gasteiger partial charge in [0.1, 0.15) is 0 Å². The SMILES string of the molecule is CN(C)CCCNC(=O)c1ccncc1C#CCCO. The number of nitrogens with zero attached hydrogens (tertiary/aromatic N) is 2. The van der Waals surface area contributed by atoms with Gasteiger partial charge in [0.15, 0.2) is 0 Å². The number of amides is 1. The number of carbonyl (C=O) groups excluding carboxylic acids is 1. The van der Waals surface area contributed by atoms with Crippen molar-refractivity contribution in [2.75, 3.05) is 33.8 Å². The van der Waals surface area contributed by atoms with E-state index in [4.69, 9.17) is 5.11 Å². The Hall–Kier alpha value is -1.90. The summed E-state index contributed by atoms with van der Waals surface area (Å²) in [6.45, 7) is 1.57. The molecule has 1 heterocycles. The van der Waals surface area contributed by atoms with E-state index in [0.29, 0.717) is 24.1 Å². The van der Waals surface area contributed by atoms with Crippen LogP contribution >= 0.6 is 0 Å². The molecule has 0 saturated heterocycles. The molecule has 0 saturated carbocycles. The first-order valence-electron chi connectivity index (χ1n) is 6.62. The molecule has 1 amide bonds. The third kappa shape index (κ3) is 5.83. The zero-order valence-electron chi connectivity index (χ0n) is 12.0. The number of aliphatic hydroxyl groups excluding tert-OH is 1. The van der Waals surface area contributed by atoms with Crippen LogP contribution in [-0.4, -0.2) is 54.7 Å². The number of aliphatic hydroxyl groups is 1. The van der Waals surface area contributed by atoms with Crippen LogP contribution in [-0.2, 0) is 0 Å². The van der Waals surface area contributed by atoms with Crippen molar-refractivity contribution in [1.82, 2.24) is 15.2 Å². The van der Waals surface area contributed by atoms with E-state index in [-0.39, 0.29) is 12.5 Å². The predicted octanol–water partition coefficient (Wildman–Crippen LogP) is 0.497. The number of carbonyl (C=O) groups is 1. The predicted molar refractivity (Wildman–Crippen MR) is 78.3 cm³/mol. The summed E-state index contributed by atoms with van der Waals surface area (Å²) >= 11 is 0. The van der Waals surface area contributed by atoms with Crippen molar-refractivity contribution in [3.05, 3.63) is 29.6 Å². The van der Waals surface area contributed by atoms with Gasteiger partial charge in [0.05, 0.1) is 17.7 Å². The first kappa shape index (κ1) is 16.2. The Morgan fingerprint density at radius 2 is 2.30 bits per heavy atom. The van der Waals surface area contributed by atoms with Crippen LogP contribution in [0, 0.1) is 11.8 Å². The van der Waals surface area contributed by atoms with Gasteiger partial charge in [0, 0.05) is 25.4 Å². The van der Waals surface area contributed by atoms with E-state index in [9.17, 15) is 4.79 Å². The highest BCUT2D eigenvalue weighted by atomic mass is 16.2. The molecule has 0 aliphatic carbocycles. The first-order chi connectivity index (χ1) is 9.65. The lowest BCUT2D eigenvalue weighted by Gasteiger charge is -2.10. The second-order valence-electron chi connectivity index (χ2n) is 4.61. The van der Waals surface area contributed by atoms with E-state index in [2.05, 4.69) is 27.0 Å². The largest absolute Gasteiger partial charge is 0.395 e. The molecule has 2 N–H and O–H groups in total. The van der Waals surface area contributed by atoms with Crippen LogP contribution in [0.15, 0.2) is 18.5 Å². The minimum atomic E-state index is -0.139. The number of pyridine rings is 1. The second-order valence-corrected chi connectivity index (χ2v) is 4.61. The number of aromatic nitrogens is 1. The molecule has 108 valence electrons. The van der Waals surface area contributed by atoms with Crippen LogP contribution in [0.1, 0.15) is 28.8 Å². The van der Waals surface area contributed by atoms with E-state index in [1.807, 2.05) is 14.1 Å². The maximum Gasteiger partial charge on any atom is 0.252 e. The first-order valence-corrected chi connectivity index (χ1v) is 6.62. The van der Waals surface area contributed by atoms with Gasteiger partial charge in [-0.25, -0.2) is 0 Å². The number of hydrogen-bond donors (Lipinski definition) is 2. The minimum Gasteiger partial charge on any atom is -0.395 e. The van der Waals surface area contributed by atoms with Crippen LogP contribution in [0.2, 0.25) is 0 Å². The van der Waals surface area contributed by atoms with Crippen LogP contribution in [0.5, 0.6) is 0 Å². The van der Waals surface area contributed by atoms with Crippen molar-refractivity contribution < 1.29 is 9.90 Å². The molecule has 20 heavy (non-hydrogen) atoms. The Bertz CT molecular complexity index is 489. The maximum absolute atomic E-state index is 12.1. The normalized spacial score (nSPS) is 10.0. The Morgan fingerprint density at radius 1 is 1.50 bits per heavy atom. The lowest BCUT2D eigenvalue weighted by Crippen LogP contribution is -2.27. The molecule has 5 heteroatoms. The summed E-state index contributed by atoms with van der Waals surface area (Å²) in [5, 5.41) is 11.6. The molecule has 0 unspecified atom stereocenters. The van der Waals surface area contributed by atoms with Gasteiger partial charge in [-0.05, 0) is 33.1 Å². The number of hydrogen-bond acceptors (Lipinski definition) is 4. The number of nitrogens with one attached hydrogen (secondary N) is 1. The van der Waals surface area contributed by atoms with Gasteiger partial charge in [-0.3, -0.25) is 9.78 Å². The van der Waals surface area contributed by atoms with E-state index < -0.39 is 0 Å². The second kappa shape index (κ2) is 9.08. The third-order valence-electron chi connectivity index (χ3n) is 2.59. The lowest BCUT2D eigenvalue weighted by molar-refractivity contribution is 0.0952. The highest BCUT2D eigenvalue weighted by Crippen LogP contribution is 2.05. The zero-order valence-corrected chi connectivity index (χ0v) is 12.0. The highest BCUT2D eigenvalue weighted by molar-refractivity contribution is 5.96.